The van der Waals surface area contributed by atoms with E-state index in [9.17, 15) is 0 Å². The van der Waals surface area contributed by atoms with E-state index >= 15 is 0 Å². The summed E-state index contributed by atoms with van der Waals surface area (Å²) in [5.74, 6) is 1.20. The number of unbranched alkanes of at least 4 members (excludes halogenated alkanes) is 3. The molecule has 0 fully saturated rings. The molecule has 2 heteroatoms. The number of nitrogens with zero attached hydrogens (tertiary/aromatic N) is 1. The Kier molecular flexibility index (Phi) is 9.13. The first-order chi connectivity index (χ1) is 5.81. The van der Waals surface area contributed by atoms with Crippen LogP contribution in [0, 0.1) is 0 Å². The van der Waals surface area contributed by atoms with Gasteiger partial charge in [0.25, 0.3) is 0 Å². The number of thioether (sulfide) groups is 1. The van der Waals surface area contributed by atoms with Gasteiger partial charge in [-0.05, 0) is 6.92 Å². The van der Waals surface area contributed by atoms with Crippen LogP contribution in [-0.2, 0) is 0 Å². The summed E-state index contributed by atoms with van der Waals surface area (Å²) in [5, 5.41) is 1.25. The first kappa shape index (κ1) is 12.0. The van der Waals surface area contributed by atoms with Crippen LogP contribution in [0.1, 0.15) is 46.5 Å². The Bertz CT molecular complexity index is 117. The Morgan fingerprint density at radius 3 is 2.00 bits per heavy atom. The highest BCUT2D eigenvalue weighted by molar-refractivity contribution is 8.14. The third kappa shape index (κ3) is 8.12. The fraction of sp³-hybridized carbons (Fsp3) is 0.900. The van der Waals surface area contributed by atoms with Crippen LogP contribution < -0.4 is 0 Å². The zero-order valence-corrected chi connectivity index (χ0v) is 9.41. The van der Waals surface area contributed by atoms with Gasteiger partial charge in [0.2, 0.25) is 0 Å². The molecule has 0 aromatic carbocycles. The van der Waals surface area contributed by atoms with E-state index in [1.807, 2.05) is 11.8 Å². The smallest absolute Gasteiger partial charge is 0.0645 e. The van der Waals surface area contributed by atoms with Crippen molar-refractivity contribution in [2.24, 2.45) is 4.99 Å². The van der Waals surface area contributed by atoms with Gasteiger partial charge in [-0.25, -0.2) is 0 Å². The average Bonchev–Trinajstić information content (AvgIpc) is 2.53. The Morgan fingerprint density at radius 1 is 1.25 bits per heavy atom. The number of hydrogen-bond acceptors (Lipinski definition) is 2. The van der Waals surface area contributed by atoms with Crippen LogP contribution in [0.3, 0.4) is 0 Å². The van der Waals surface area contributed by atoms with Gasteiger partial charge in [-0.3, -0.25) is 4.99 Å². The summed E-state index contributed by atoms with van der Waals surface area (Å²) in [5.41, 5.74) is 0. The summed E-state index contributed by atoms with van der Waals surface area (Å²) >= 11 is 1.85. The van der Waals surface area contributed by atoms with Crippen molar-refractivity contribution in [2.75, 3.05) is 12.3 Å². The molecule has 0 aromatic heterocycles. The van der Waals surface area contributed by atoms with E-state index in [2.05, 4.69) is 25.8 Å². The molecule has 1 heterocycles. The number of aliphatic imine (C=N–C) groups is 1. The van der Waals surface area contributed by atoms with Crippen molar-refractivity contribution < 1.29 is 0 Å². The lowest BCUT2D eigenvalue weighted by molar-refractivity contribution is 0.702. The van der Waals surface area contributed by atoms with Gasteiger partial charge in [-0.1, -0.05) is 39.5 Å². The molecule has 0 radical (unpaired) electrons. The van der Waals surface area contributed by atoms with E-state index in [1.54, 1.807) is 0 Å². The Labute approximate surface area is 81.0 Å². The Morgan fingerprint density at radius 2 is 1.83 bits per heavy atom. The lowest BCUT2D eigenvalue weighted by Crippen LogP contribution is -1.70. The molecule has 12 heavy (non-hydrogen) atoms. The number of rotatable bonds is 3. The van der Waals surface area contributed by atoms with Crippen molar-refractivity contribution in [1.29, 1.82) is 0 Å². The van der Waals surface area contributed by atoms with Gasteiger partial charge in [0.1, 0.15) is 0 Å². The molecule has 0 N–H and O–H groups in total. The third-order valence-electron chi connectivity index (χ3n) is 1.69. The molecule has 1 aliphatic heterocycles. The van der Waals surface area contributed by atoms with E-state index in [4.69, 9.17) is 0 Å². The molecule has 0 unspecified atom stereocenters. The van der Waals surface area contributed by atoms with Crippen LogP contribution in [0.2, 0.25) is 0 Å². The summed E-state index contributed by atoms with van der Waals surface area (Å²) in [6.45, 7) is 7.56. The topological polar surface area (TPSA) is 12.4 Å². The zero-order valence-electron chi connectivity index (χ0n) is 8.60. The summed E-state index contributed by atoms with van der Waals surface area (Å²) < 4.78 is 0. The summed E-state index contributed by atoms with van der Waals surface area (Å²) in [7, 11) is 0. The fourth-order valence-corrected chi connectivity index (χ4v) is 1.60. The van der Waals surface area contributed by atoms with Crippen LogP contribution in [0.4, 0.5) is 0 Å². The van der Waals surface area contributed by atoms with Crippen LogP contribution in [0.5, 0.6) is 0 Å². The van der Waals surface area contributed by atoms with E-state index in [0.717, 1.165) is 6.54 Å². The van der Waals surface area contributed by atoms with E-state index in [-0.39, 0.29) is 0 Å². The summed E-state index contributed by atoms with van der Waals surface area (Å²) in [6, 6.07) is 0. The summed E-state index contributed by atoms with van der Waals surface area (Å²) in [4.78, 5) is 4.12. The molecule has 1 rings (SSSR count). The van der Waals surface area contributed by atoms with Crippen molar-refractivity contribution in [2.45, 2.75) is 46.5 Å². The molecule has 0 aliphatic carbocycles. The second-order valence-corrected chi connectivity index (χ2v) is 4.24. The predicted octanol–water partition coefficient (Wildman–Crippen LogP) is 3.74. The molecule has 0 saturated carbocycles. The molecule has 0 bridgehead atoms. The van der Waals surface area contributed by atoms with Crippen molar-refractivity contribution in [3.8, 4) is 0 Å². The lowest BCUT2D eigenvalue weighted by atomic mass is 10.2. The van der Waals surface area contributed by atoms with Crippen molar-refractivity contribution in [3.05, 3.63) is 0 Å². The third-order valence-corrected chi connectivity index (χ3v) is 2.63. The molecule has 0 saturated heterocycles. The molecule has 0 aromatic rings. The van der Waals surface area contributed by atoms with E-state index in [1.165, 1.54) is 36.5 Å². The van der Waals surface area contributed by atoms with Gasteiger partial charge < -0.3 is 0 Å². The van der Waals surface area contributed by atoms with Crippen LogP contribution in [0.25, 0.3) is 0 Å². The highest BCUT2D eigenvalue weighted by Gasteiger charge is 1.97. The maximum absolute atomic E-state index is 4.12. The van der Waals surface area contributed by atoms with Crippen LogP contribution in [-0.4, -0.2) is 17.3 Å². The number of hydrogen-bond donors (Lipinski definition) is 0. The minimum Gasteiger partial charge on any atom is -0.282 e. The minimum absolute atomic E-state index is 1.04. The van der Waals surface area contributed by atoms with Gasteiger partial charge in [0, 0.05) is 12.3 Å². The fourth-order valence-electron chi connectivity index (χ4n) is 0.942. The molecular weight excluding hydrogens is 166 g/mol. The molecule has 0 atom stereocenters. The van der Waals surface area contributed by atoms with Crippen LogP contribution in [0.15, 0.2) is 4.99 Å². The molecule has 0 spiro atoms. The lowest BCUT2D eigenvalue weighted by Gasteiger charge is -1.86. The maximum atomic E-state index is 4.12. The van der Waals surface area contributed by atoms with Crippen molar-refractivity contribution in [1.82, 2.24) is 0 Å². The zero-order chi connectivity index (χ0) is 9.23. The molecule has 1 nitrogen and oxygen atoms in total. The van der Waals surface area contributed by atoms with E-state index in [0.29, 0.717) is 0 Å². The molecule has 1 aliphatic rings. The van der Waals surface area contributed by atoms with Crippen molar-refractivity contribution >= 4 is 16.8 Å². The summed E-state index contributed by atoms with van der Waals surface area (Å²) in [6.07, 6.45) is 5.54. The molecular formula is C10H21NS. The maximum Gasteiger partial charge on any atom is 0.0645 e. The van der Waals surface area contributed by atoms with Gasteiger partial charge in [-0.15, -0.1) is 11.8 Å². The highest BCUT2D eigenvalue weighted by atomic mass is 32.2. The van der Waals surface area contributed by atoms with E-state index < -0.39 is 0 Å². The van der Waals surface area contributed by atoms with Gasteiger partial charge in [-0.2, -0.15) is 0 Å². The highest BCUT2D eigenvalue weighted by Crippen LogP contribution is 2.09. The van der Waals surface area contributed by atoms with Crippen molar-refractivity contribution in [3.63, 3.8) is 0 Å². The largest absolute Gasteiger partial charge is 0.282 e. The Hall–Kier alpha value is 0.0200. The van der Waals surface area contributed by atoms with Gasteiger partial charge in [0.15, 0.2) is 0 Å². The molecule has 72 valence electrons. The van der Waals surface area contributed by atoms with Crippen LogP contribution >= 0.6 is 11.8 Å². The quantitative estimate of drug-likeness (QED) is 0.613. The molecule has 0 amide bonds. The first-order valence-corrected chi connectivity index (χ1v) is 5.93. The minimum atomic E-state index is 1.04. The standard InChI is InChI=1S/C6H14.C4H7NS/c1-3-5-6-4-2;1-4-5-2-3-6-4/h3-6H2,1-2H3;2-3H2,1H3. The van der Waals surface area contributed by atoms with Gasteiger partial charge in [0.05, 0.1) is 5.04 Å². The monoisotopic (exact) mass is 187 g/mol. The Balaban J connectivity index is 0.000000202. The first-order valence-electron chi connectivity index (χ1n) is 4.95. The van der Waals surface area contributed by atoms with Gasteiger partial charge >= 0.3 is 0 Å². The second-order valence-electron chi connectivity index (χ2n) is 2.96. The second kappa shape index (κ2) is 9.11. The average molecular weight is 187 g/mol. The SMILES string of the molecule is CC1=NCCS1.CCCCCC. The predicted molar refractivity (Wildman–Crippen MR) is 60.3 cm³/mol. The normalized spacial score (nSPS) is 15.1.